The lowest BCUT2D eigenvalue weighted by atomic mass is 10.4. The number of imidazole rings is 1. The molecule has 0 aromatic carbocycles. The van der Waals surface area contributed by atoms with E-state index in [1.165, 1.54) is 5.69 Å². The summed E-state index contributed by atoms with van der Waals surface area (Å²) in [7, 11) is 0. The highest BCUT2D eigenvalue weighted by Crippen LogP contribution is 1.99. The van der Waals surface area contributed by atoms with Gasteiger partial charge in [-0.3, -0.25) is 0 Å². The van der Waals surface area contributed by atoms with Crippen LogP contribution in [0.25, 0.3) is 0 Å². The highest BCUT2D eigenvalue weighted by Gasteiger charge is 1.93. The number of H-pyrrole nitrogens is 1. The molecule has 1 aromatic rings. The van der Waals surface area contributed by atoms with Gasteiger partial charge in [-0.15, -0.1) is 0 Å². The molecule has 0 unspecified atom stereocenters. The maximum Gasteiger partial charge on any atom is 0.103 e. The molecule has 0 radical (unpaired) electrons. The van der Waals surface area contributed by atoms with Crippen molar-refractivity contribution < 1.29 is 1.43 Å². The Bertz CT molecular complexity index is 173. The zero-order valence-electron chi connectivity index (χ0n) is 5.45. The van der Waals surface area contributed by atoms with Gasteiger partial charge >= 0.3 is 0 Å². The first-order valence-electron chi connectivity index (χ1n) is 2.70. The first-order valence-corrected chi connectivity index (χ1v) is 2.70. The van der Waals surface area contributed by atoms with Crippen molar-refractivity contribution in [2.75, 3.05) is 0 Å². The molecule has 1 heterocycles. The zero-order valence-corrected chi connectivity index (χ0v) is 5.45. The summed E-state index contributed by atoms with van der Waals surface area (Å²) >= 11 is 0. The van der Waals surface area contributed by atoms with Crippen LogP contribution >= 0.6 is 0 Å². The van der Waals surface area contributed by atoms with Gasteiger partial charge in [0.1, 0.15) is 5.82 Å². The number of nitrogens with one attached hydrogen (secondary N) is 1. The number of hydrogen-bond acceptors (Lipinski definition) is 1. The van der Waals surface area contributed by atoms with Crippen molar-refractivity contribution in [3.63, 3.8) is 0 Å². The molecule has 0 atom stereocenters. The Hall–Kier alpha value is -0.790. The summed E-state index contributed by atoms with van der Waals surface area (Å²) in [6.07, 6.45) is 0. The minimum absolute atomic E-state index is 0. The third-order valence-electron chi connectivity index (χ3n) is 1.25. The highest BCUT2D eigenvalue weighted by atomic mass is 14.9. The van der Waals surface area contributed by atoms with E-state index in [1.807, 2.05) is 20.8 Å². The Kier molecular flexibility index (Phi) is 1.08. The molecule has 2 heteroatoms. The third kappa shape index (κ3) is 0.735. The minimum Gasteiger partial charge on any atom is -0.346 e. The van der Waals surface area contributed by atoms with Crippen LogP contribution in [0.2, 0.25) is 0 Å². The fraction of sp³-hybridized carbons (Fsp3) is 0.500. The quantitative estimate of drug-likeness (QED) is 0.542. The van der Waals surface area contributed by atoms with Crippen molar-refractivity contribution >= 4 is 0 Å². The van der Waals surface area contributed by atoms with Crippen LogP contribution in [0.4, 0.5) is 0 Å². The van der Waals surface area contributed by atoms with Gasteiger partial charge in [-0.1, -0.05) is 0 Å². The van der Waals surface area contributed by atoms with Crippen LogP contribution in [0.15, 0.2) is 0 Å². The Balaban J connectivity index is 0.000000640. The summed E-state index contributed by atoms with van der Waals surface area (Å²) in [5, 5.41) is 0. The molecule has 2 nitrogen and oxygen atoms in total. The number of hydrogen-bond donors (Lipinski definition) is 1. The summed E-state index contributed by atoms with van der Waals surface area (Å²) in [6.45, 7) is 5.98. The number of rotatable bonds is 0. The Morgan fingerprint density at radius 1 is 1.38 bits per heavy atom. The number of aromatic amines is 1. The van der Waals surface area contributed by atoms with Crippen LogP contribution in [0, 0.1) is 20.8 Å². The van der Waals surface area contributed by atoms with Crippen LogP contribution in [-0.4, -0.2) is 9.97 Å². The van der Waals surface area contributed by atoms with Crippen LogP contribution < -0.4 is 0 Å². The fourth-order valence-corrected chi connectivity index (χ4v) is 0.725. The van der Waals surface area contributed by atoms with Crippen molar-refractivity contribution in [1.82, 2.24) is 9.97 Å². The molecule has 0 saturated carbocycles. The van der Waals surface area contributed by atoms with Crippen molar-refractivity contribution in [2.45, 2.75) is 20.8 Å². The van der Waals surface area contributed by atoms with Crippen LogP contribution in [0.3, 0.4) is 0 Å². The van der Waals surface area contributed by atoms with E-state index in [0.717, 1.165) is 11.5 Å². The summed E-state index contributed by atoms with van der Waals surface area (Å²) in [4.78, 5) is 7.25. The van der Waals surface area contributed by atoms with E-state index < -0.39 is 0 Å². The molecule has 0 amide bonds. The van der Waals surface area contributed by atoms with Crippen LogP contribution in [0.5, 0.6) is 0 Å². The van der Waals surface area contributed by atoms with Crippen molar-refractivity contribution in [3.05, 3.63) is 17.2 Å². The van der Waals surface area contributed by atoms with Gasteiger partial charge < -0.3 is 4.98 Å². The maximum absolute atomic E-state index is 4.16. The molecule has 46 valence electrons. The van der Waals surface area contributed by atoms with Gasteiger partial charge in [-0.25, -0.2) is 4.98 Å². The van der Waals surface area contributed by atoms with E-state index in [1.54, 1.807) is 0 Å². The maximum atomic E-state index is 4.16. The van der Waals surface area contributed by atoms with Crippen molar-refractivity contribution in [2.24, 2.45) is 0 Å². The number of aryl methyl sites for hydroxylation is 3. The zero-order chi connectivity index (χ0) is 6.15. The fourth-order valence-electron chi connectivity index (χ4n) is 0.725. The molecule has 0 saturated heterocycles. The molecule has 0 aliphatic carbocycles. The van der Waals surface area contributed by atoms with E-state index in [0.29, 0.717) is 0 Å². The molecule has 0 aliphatic heterocycles. The number of aromatic nitrogens is 2. The monoisotopic (exact) mass is 112 g/mol. The van der Waals surface area contributed by atoms with Gasteiger partial charge in [0.2, 0.25) is 0 Å². The second kappa shape index (κ2) is 1.62. The smallest absolute Gasteiger partial charge is 0.103 e. The topological polar surface area (TPSA) is 28.7 Å². The molecule has 1 aromatic heterocycles. The van der Waals surface area contributed by atoms with Gasteiger partial charge in [0.05, 0.1) is 5.69 Å². The first-order chi connectivity index (χ1) is 3.70. The Morgan fingerprint density at radius 2 is 2.00 bits per heavy atom. The first kappa shape index (κ1) is 5.35. The largest absolute Gasteiger partial charge is 0.346 e. The van der Waals surface area contributed by atoms with E-state index in [2.05, 4.69) is 9.97 Å². The van der Waals surface area contributed by atoms with Crippen LogP contribution in [0.1, 0.15) is 18.6 Å². The molecular formula is C6H12N2. The van der Waals surface area contributed by atoms with Gasteiger partial charge in [-0.05, 0) is 20.8 Å². The van der Waals surface area contributed by atoms with E-state index in [-0.39, 0.29) is 1.43 Å². The summed E-state index contributed by atoms with van der Waals surface area (Å²) in [6, 6.07) is 0. The standard InChI is InChI=1S/C6H10N2.H2/c1-4-5(2)8-6(3)7-4;/h1-3H3,(H,7,8);1H. The third-order valence-corrected chi connectivity index (χ3v) is 1.25. The second-order valence-electron chi connectivity index (χ2n) is 2.03. The lowest BCUT2D eigenvalue weighted by molar-refractivity contribution is 1.12. The normalized spacial score (nSPS) is 9.88. The van der Waals surface area contributed by atoms with Gasteiger partial charge in [0, 0.05) is 7.12 Å². The molecule has 0 bridgehead atoms. The van der Waals surface area contributed by atoms with Crippen LogP contribution in [-0.2, 0) is 0 Å². The van der Waals surface area contributed by atoms with Gasteiger partial charge in [-0.2, -0.15) is 0 Å². The molecule has 1 rings (SSSR count). The minimum atomic E-state index is 0. The Morgan fingerprint density at radius 3 is 2.12 bits per heavy atom. The molecule has 0 spiro atoms. The lowest BCUT2D eigenvalue weighted by Gasteiger charge is -1.79. The second-order valence-corrected chi connectivity index (χ2v) is 2.03. The Labute approximate surface area is 50.4 Å². The summed E-state index contributed by atoms with van der Waals surface area (Å²) in [5.74, 6) is 1.00. The number of nitrogens with zero attached hydrogens (tertiary/aromatic N) is 1. The van der Waals surface area contributed by atoms with E-state index >= 15 is 0 Å². The molecular weight excluding hydrogens is 100 g/mol. The predicted octanol–water partition coefficient (Wildman–Crippen LogP) is 1.58. The summed E-state index contributed by atoms with van der Waals surface area (Å²) < 4.78 is 0. The lowest BCUT2D eigenvalue weighted by Crippen LogP contribution is -1.71. The van der Waals surface area contributed by atoms with Gasteiger partial charge in [0.15, 0.2) is 0 Å². The van der Waals surface area contributed by atoms with Crippen molar-refractivity contribution in [3.8, 4) is 0 Å². The highest BCUT2D eigenvalue weighted by molar-refractivity contribution is 5.09. The molecule has 1 N–H and O–H groups in total. The summed E-state index contributed by atoms with van der Waals surface area (Å²) in [5.41, 5.74) is 2.27. The van der Waals surface area contributed by atoms with Crippen molar-refractivity contribution in [1.29, 1.82) is 0 Å². The SMILES string of the molecule is Cc1nc(C)c(C)[nH]1.[HH]. The molecule has 8 heavy (non-hydrogen) atoms. The van der Waals surface area contributed by atoms with Gasteiger partial charge in [0.25, 0.3) is 0 Å². The molecule has 0 aliphatic rings. The average molecular weight is 112 g/mol. The molecule has 0 fully saturated rings. The van der Waals surface area contributed by atoms with E-state index in [9.17, 15) is 0 Å². The predicted molar refractivity (Wildman–Crippen MR) is 34.9 cm³/mol. The average Bonchev–Trinajstić information content (AvgIpc) is 1.85. The van der Waals surface area contributed by atoms with E-state index in [4.69, 9.17) is 0 Å².